The third kappa shape index (κ3) is 3.28. The number of methoxy groups -OCH3 is 2. The van der Waals surface area contributed by atoms with E-state index in [4.69, 9.17) is 14.7 Å². The molecular weight excluding hydrogens is 270 g/mol. The summed E-state index contributed by atoms with van der Waals surface area (Å²) in [4.78, 5) is 16.0. The number of benzene rings is 1. The molecule has 0 bridgehead atoms. The number of anilines is 1. The van der Waals surface area contributed by atoms with Gasteiger partial charge < -0.3 is 14.8 Å². The molecule has 106 valence electrons. The minimum atomic E-state index is -0.350. The molecule has 0 unspecified atom stereocenters. The van der Waals surface area contributed by atoms with Gasteiger partial charge in [-0.2, -0.15) is 5.26 Å². The average molecular weight is 283 g/mol. The van der Waals surface area contributed by atoms with Crippen molar-refractivity contribution in [1.29, 1.82) is 5.26 Å². The Morgan fingerprint density at radius 2 is 2.05 bits per heavy atom. The summed E-state index contributed by atoms with van der Waals surface area (Å²) in [7, 11) is 3.05. The molecule has 6 heteroatoms. The molecule has 1 aromatic carbocycles. The Kier molecular flexibility index (Phi) is 4.36. The van der Waals surface area contributed by atoms with Crippen LogP contribution in [0.5, 0.6) is 11.5 Å². The molecule has 0 saturated carbocycles. The minimum absolute atomic E-state index is 0.185. The molecule has 1 heterocycles. The van der Waals surface area contributed by atoms with Crippen LogP contribution in [0.1, 0.15) is 16.1 Å². The maximum absolute atomic E-state index is 12.2. The zero-order valence-electron chi connectivity index (χ0n) is 11.6. The Morgan fingerprint density at radius 1 is 1.24 bits per heavy atom. The van der Waals surface area contributed by atoms with Crippen molar-refractivity contribution in [1.82, 2.24) is 4.98 Å². The maximum atomic E-state index is 12.2. The van der Waals surface area contributed by atoms with Gasteiger partial charge in [-0.1, -0.05) is 0 Å². The molecule has 2 rings (SSSR count). The lowest BCUT2D eigenvalue weighted by Gasteiger charge is -2.11. The molecule has 0 aliphatic heterocycles. The van der Waals surface area contributed by atoms with Crippen LogP contribution in [0, 0.1) is 11.3 Å². The van der Waals surface area contributed by atoms with Crippen molar-refractivity contribution in [3.63, 3.8) is 0 Å². The maximum Gasteiger partial charge on any atom is 0.255 e. The van der Waals surface area contributed by atoms with E-state index >= 15 is 0 Å². The number of amides is 1. The first-order valence-corrected chi connectivity index (χ1v) is 6.07. The van der Waals surface area contributed by atoms with Gasteiger partial charge in [-0.05, 0) is 24.3 Å². The molecule has 0 radical (unpaired) electrons. The van der Waals surface area contributed by atoms with Crippen molar-refractivity contribution in [3.05, 3.63) is 47.8 Å². The minimum Gasteiger partial charge on any atom is -0.497 e. The van der Waals surface area contributed by atoms with Crippen LogP contribution in [0.3, 0.4) is 0 Å². The highest BCUT2D eigenvalue weighted by Crippen LogP contribution is 2.29. The molecule has 0 aliphatic rings. The Morgan fingerprint density at radius 3 is 2.71 bits per heavy atom. The third-order valence-corrected chi connectivity index (χ3v) is 2.79. The molecule has 1 N–H and O–H groups in total. The number of nitrogens with one attached hydrogen (secondary N) is 1. The van der Waals surface area contributed by atoms with E-state index < -0.39 is 0 Å². The molecule has 0 aliphatic carbocycles. The summed E-state index contributed by atoms with van der Waals surface area (Å²) in [5, 5.41) is 11.5. The summed E-state index contributed by atoms with van der Waals surface area (Å²) in [5.41, 5.74) is 1.04. The first kappa shape index (κ1) is 14.3. The number of hydrogen-bond acceptors (Lipinski definition) is 5. The van der Waals surface area contributed by atoms with Gasteiger partial charge >= 0.3 is 0 Å². The van der Waals surface area contributed by atoms with Gasteiger partial charge in [0.1, 0.15) is 23.3 Å². The van der Waals surface area contributed by atoms with Gasteiger partial charge in [-0.25, -0.2) is 4.98 Å². The summed E-state index contributed by atoms with van der Waals surface area (Å²) in [6, 6.07) is 9.91. The molecule has 1 aromatic heterocycles. The summed E-state index contributed by atoms with van der Waals surface area (Å²) in [6.45, 7) is 0. The van der Waals surface area contributed by atoms with Crippen molar-refractivity contribution in [2.75, 3.05) is 19.5 Å². The van der Waals surface area contributed by atoms with Crippen molar-refractivity contribution >= 4 is 11.6 Å². The topological polar surface area (TPSA) is 84.2 Å². The number of pyridine rings is 1. The largest absolute Gasteiger partial charge is 0.497 e. The van der Waals surface area contributed by atoms with Crippen LogP contribution >= 0.6 is 0 Å². The molecule has 21 heavy (non-hydrogen) atoms. The van der Waals surface area contributed by atoms with Crippen LogP contribution in [-0.4, -0.2) is 25.1 Å². The summed E-state index contributed by atoms with van der Waals surface area (Å²) >= 11 is 0. The molecule has 0 fully saturated rings. The second-order valence-corrected chi connectivity index (χ2v) is 4.06. The number of nitrogens with zero attached hydrogens (tertiary/aromatic N) is 2. The Labute approximate surface area is 121 Å². The highest BCUT2D eigenvalue weighted by atomic mass is 16.5. The van der Waals surface area contributed by atoms with Crippen molar-refractivity contribution in [3.8, 4) is 17.6 Å². The fraction of sp³-hybridized carbons (Fsp3) is 0.133. The van der Waals surface area contributed by atoms with Crippen molar-refractivity contribution in [2.45, 2.75) is 0 Å². The number of carbonyl (C=O) groups excluding carboxylic acids is 1. The second kappa shape index (κ2) is 6.39. The van der Waals surface area contributed by atoms with E-state index in [-0.39, 0.29) is 11.6 Å². The summed E-state index contributed by atoms with van der Waals surface area (Å²) in [5.74, 6) is 0.759. The van der Waals surface area contributed by atoms with E-state index in [0.29, 0.717) is 22.7 Å². The van der Waals surface area contributed by atoms with Crippen molar-refractivity contribution < 1.29 is 14.3 Å². The van der Waals surface area contributed by atoms with Gasteiger partial charge in [0, 0.05) is 17.8 Å². The van der Waals surface area contributed by atoms with E-state index in [1.54, 1.807) is 25.3 Å². The first-order chi connectivity index (χ1) is 10.2. The molecule has 1 amide bonds. The van der Waals surface area contributed by atoms with Crippen LogP contribution in [0.2, 0.25) is 0 Å². The van der Waals surface area contributed by atoms with E-state index in [0.717, 1.165) is 0 Å². The highest BCUT2D eigenvalue weighted by molar-refractivity contribution is 6.05. The third-order valence-electron chi connectivity index (χ3n) is 2.79. The van der Waals surface area contributed by atoms with Crippen molar-refractivity contribution in [2.24, 2.45) is 0 Å². The SMILES string of the molecule is COc1ccc(NC(=O)c2ccnc(C#N)c2)c(OC)c1. The number of carbonyl (C=O) groups is 1. The quantitative estimate of drug-likeness (QED) is 0.930. The molecule has 0 spiro atoms. The number of hydrogen-bond donors (Lipinski definition) is 1. The van der Waals surface area contributed by atoms with Gasteiger partial charge in [0.15, 0.2) is 0 Å². The summed E-state index contributed by atoms with van der Waals surface area (Å²) in [6.07, 6.45) is 1.42. The number of nitriles is 1. The predicted octanol–water partition coefficient (Wildman–Crippen LogP) is 2.22. The molecule has 2 aromatic rings. The molecule has 6 nitrogen and oxygen atoms in total. The average Bonchev–Trinajstić information content (AvgIpc) is 2.55. The Hall–Kier alpha value is -3.07. The zero-order valence-corrected chi connectivity index (χ0v) is 11.6. The Balaban J connectivity index is 2.25. The Bertz CT molecular complexity index is 708. The highest BCUT2D eigenvalue weighted by Gasteiger charge is 2.11. The van der Waals surface area contributed by atoms with Gasteiger partial charge in [0.25, 0.3) is 5.91 Å². The van der Waals surface area contributed by atoms with E-state index in [9.17, 15) is 4.79 Å². The van der Waals surface area contributed by atoms with Gasteiger partial charge in [-0.15, -0.1) is 0 Å². The fourth-order valence-corrected chi connectivity index (χ4v) is 1.73. The van der Waals surface area contributed by atoms with Crippen LogP contribution in [-0.2, 0) is 0 Å². The lowest BCUT2D eigenvalue weighted by atomic mass is 10.2. The predicted molar refractivity (Wildman–Crippen MR) is 76.5 cm³/mol. The van der Waals surface area contributed by atoms with Gasteiger partial charge in [0.05, 0.1) is 19.9 Å². The van der Waals surface area contributed by atoms with E-state index in [2.05, 4.69) is 10.3 Å². The van der Waals surface area contributed by atoms with E-state index in [1.807, 2.05) is 6.07 Å². The molecular formula is C15H13N3O3. The normalized spacial score (nSPS) is 9.57. The monoisotopic (exact) mass is 283 g/mol. The molecule has 0 saturated heterocycles. The standard InChI is InChI=1S/C15H13N3O3/c1-20-12-3-4-13(14(8-12)21-2)18-15(19)10-5-6-17-11(7-10)9-16/h3-8H,1-2H3,(H,18,19). The number of aromatic nitrogens is 1. The number of rotatable bonds is 4. The van der Waals surface area contributed by atoms with Gasteiger partial charge in [-0.3, -0.25) is 4.79 Å². The summed E-state index contributed by atoms with van der Waals surface area (Å²) < 4.78 is 10.3. The lowest BCUT2D eigenvalue weighted by Crippen LogP contribution is -2.13. The fourth-order valence-electron chi connectivity index (χ4n) is 1.73. The zero-order chi connectivity index (χ0) is 15.2. The van der Waals surface area contributed by atoms with Gasteiger partial charge in [0.2, 0.25) is 0 Å². The van der Waals surface area contributed by atoms with Crippen LogP contribution in [0.25, 0.3) is 0 Å². The first-order valence-electron chi connectivity index (χ1n) is 6.07. The molecule has 0 atom stereocenters. The van der Waals surface area contributed by atoms with Crippen LogP contribution < -0.4 is 14.8 Å². The smallest absolute Gasteiger partial charge is 0.255 e. The second-order valence-electron chi connectivity index (χ2n) is 4.06. The van der Waals surface area contributed by atoms with E-state index in [1.165, 1.54) is 25.4 Å². The number of ether oxygens (including phenoxy) is 2. The van der Waals surface area contributed by atoms with Crippen LogP contribution in [0.15, 0.2) is 36.5 Å². The van der Waals surface area contributed by atoms with Crippen LogP contribution in [0.4, 0.5) is 5.69 Å². The lowest BCUT2D eigenvalue weighted by molar-refractivity contribution is 0.102.